The van der Waals surface area contributed by atoms with Crippen molar-refractivity contribution < 1.29 is 14.7 Å². The van der Waals surface area contributed by atoms with Gasteiger partial charge in [-0.25, -0.2) is 9.78 Å². The van der Waals surface area contributed by atoms with Crippen molar-refractivity contribution in [2.24, 2.45) is 5.92 Å². The zero-order valence-corrected chi connectivity index (χ0v) is 13.3. The van der Waals surface area contributed by atoms with E-state index in [1.165, 1.54) is 0 Å². The highest BCUT2D eigenvalue weighted by molar-refractivity contribution is 5.96. The summed E-state index contributed by atoms with van der Waals surface area (Å²) in [5, 5.41) is 11.7. The molecule has 0 aliphatic rings. The van der Waals surface area contributed by atoms with Crippen molar-refractivity contribution in [1.82, 2.24) is 14.7 Å². The van der Waals surface area contributed by atoms with E-state index in [0.29, 0.717) is 5.56 Å². The first-order valence-electron chi connectivity index (χ1n) is 7.36. The Morgan fingerprint density at radius 1 is 1.36 bits per heavy atom. The molecule has 22 heavy (non-hydrogen) atoms. The topological polar surface area (TPSA) is 83.7 Å². The second-order valence-electron chi connectivity index (χ2n) is 5.68. The van der Waals surface area contributed by atoms with Crippen molar-refractivity contribution in [3.05, 3.63) is 35.3 Å². The van der Waals surface area contributed by atoms with E-state index in [1.54, 1.807) is 32.2 Å². The molecule has 6 heteroatoms. The van der Waals surface area contributed by atoms with Gasteiger partial charge in [-0.2, -0.15) is 0 Å². The lowest BCUT2D eigenvalue weighted by Gasteiger charge is -2.17. The molecule has 2 rings (SSSR count). The van der Waals surface area contributed by atoms with Gasteiger partial charge in [0.2, 0.25) is 0 Å². The van der Waals surface area contributed by atoms with E-state index in [2.05, 4.69) is 10.3 Å². The molecule has 1 amide bonds. The highest BCUT2D eigenvalue weighted by Crippen LogP contribution is 2.14. The number of aryl methyl sites for hydroxylation is 2. The number of nitrogens with one attached hydrogen (secondary N) is 1. The third kappa shape index (κ3) is 2.95. The number of imidazole rings is 1. The summed E-state index contributed by atoms with van der Waals surface area (Å²) in [7, 11) is 0. The maximum absolute atomic E-state index is 12.3. The molecule has 2 N–H and O–H groups in total. The molecule has 0 aliphatic heterocycles. The maximum Gasteiger partial charge on any atom is 0.326 e. The van der Waals surface area contributed by atoms with Crippen molar-refractivity contribution in [3.63, 3.8) is 0 Å². The Labute approximate surface area is 129 Å². The van der Waals surface area contributed by atoms with E-state index in [9.17, 15) is 9.59 Å². The van der Waals surface area contributed by atoms with Gasteiger partial charge in [0.05, 0.1) is 11.3 Å². The predicted octanol–water partition coefficient (Wildman–Crippen LogP) is 2.04. The van der Waals surface area contributed by atoms with E-state index < -0.39 is 17.9 Å². The largest absolute Gasteiger partial charge is 0.480 e. The van der Waals surface area contributed by atoms with Crippen molar-refractivity contribution in [1.29, 1.82) is 0 Å². The van der Waals surface area contributed by atoms with E-state index in [0.717, 1.165) is 23.5 Å². The fourth-order valence-electron chi connectivity index (χ4n) is 2.42. The molecular formula is C16H21N3O3. The lowest BCUT2D eigenvalue weighted by Crippen LogP contribution is -2.44. The number of amides is 1. The number of carboxylic acid groups (broad SMARTS) is 1. The quantitative estimate of drug-likeness (QED) is 0.885. The number of carbonyl (C=O) groups excluding carboxylic acids is 1. The maximum atomic E-state index is 12.3. The smallest absolute Gasteiger partial charge is 0.326 e. The van der Waals surface area contributed by atoms with Gasteiger partial charge in [0.25, 0.3) is 5.91 Å². The second kappa shape index (κ2) is 6.17. The summed E-state index contributed by atoms with van der Waals surface area (Å²) >= 11 is 0. The first-order chi connectivity index (χ1) is 10.3. The Balaban J connectivity index is 2.32. The molecule has 0 spiro atoms. The Kier molecular flexibility index (Phi) is 4.49. The lowest BCUT2D eigenvalue weighted by molar-refractivity contribution is -0.140. The van der Waals surface area contributed by atoms with Crippen molar-refractivity contribution >= 4 is 17.5 Å². The monoisotopic (exact) mass is 303 g/mol. The number of carbonyl (C=O) groups is 2. The Morgan fingerprint density at radius 3 is 2.59 bits per heavy atom. The van der Waals surface area contributed by atoms with Crippen LogP contribution < -0.4 is 5.32 Å². The van der Waals surface area contributed by atoms with E-state index >= 15 is 0 Å². The first-order valence-corrected chi connectivity index (χ1v) is 7.36. The highest BCUT2D eigenvalue weighted by atomic mass is 16.4. The average molecular weight is 303 g/mol. The number of hydrogen-bond acceptors (Lipinski definition) is 3. The molecule has 0 saturated heterocycles. The molecule has 0 fully saturated rings. The average Bonchev–Trinajstić information content (AvgIpc) is 2.79. The number of aromatic nitrogens is 2. The van der Waals surface area contributed by atoms with Gasteiger partial charge in [-0.15, -0.1) is 0 Å². The molecule has 0 aromatic carbocycles. The molecule has 0 aliphatic carbocycles. The summed E-state index contributed by atoms with van der Waals surface area (Å²) in [6.45, 7) is 7.50. The van der Waals surface area contributed by atoms with Gasteiger partial charge in [0.1, 0.15) is 11.7 Å². The van der Waals surface area contributed by atoms with Crippen LogP contribution >= 0.6 is 0 Å². The summed E-state index contributed by atoms with van der Waals surface area (Å²) in [5.74, 6) is -1.61. The highest BCUT2D eigenvalue weighted by Gasteiger charge is 2.24. The third-order valence-corrected chi connectivity index (χ3v) is 3.77. The van der Waals surface area contributed by atoms with Gasteiger partial charge >= 0.3 is 5.97 Å². The lowest BCUT2D eigenvalue weighted by atomic mass is 10.0. The van der Waals surface area contributed by atoms with Crippen molar-refractivity contribution in [2.45, 2.75) is 40.2 Å². The van der Waals surface area contributed by atoms with Gasteiger partial charge in [-0.3, -0.25) is 4.79 Å². The third-order valence-electron chi connectivity index (χ3n) is 3.77. The van der Waals surface area contributed by atoms with Crippen molar-refractivity contribution in [2.75, 3.05) is 0 Å². The summed E-state index contributed by atoms with van der Waals surface area (Å²) in [6, 6.07) is 2.53. The van der Waals surface area contributed by atoms with Crippen LogP contribution in [0.25, 0.3) is 5.65 Å². The number of carboxylic acids is 1. The van der Waals surface area contributed by atoms with Gasteiger partial charge in [0, 0.05) is 11.9 Å². The van der Waals surface area contributed by atoms with Crippen LogP contribution in [0.4, 0.5) is 0 Å². The van der Waals surface area contributed by atoms with Crippen LogP contribution in [0.5, 0.6) is 0 Å². The Hall–Kier alpha value is -2.37. The van der Waals surface area contributed by atoms with E-state index in [-0.39, 0.29) is 5.92 Å². The summed E-state index contributed by atoms with van der Waals surface area (Å²) in [4.78, 5) is 28.0. The van der Waals surface area contributed by atoms with Crippen LogP contribution in [0.15, 0.2) is 18.3 Å². The molecule has 6 nitrogen and oxygen atoms in total. The van der Waals surface area contributed by atoms with E-state index in [1.807, 2.05) is 18.2 Å². The fraction of sp³-hybridized carbons (Fsp3) is 0.438. The van der Waals surface area contributed by atoms with Crippen LogP contribution in [0.2, 0.25) is 0 Å². The first kappa shape index (κ1) is 16.0. The molecule has 0 radical (unpaired) electrons. The van der Waals surface area contributed by atoms with Crippen LogP contribution in [-0.2, 0) is 11.2 Å². The molecule has 1 atom stereocenters. The minimum absolute atomic E-state index is 0.188. The standard InChI is InChI=1S/C16H21N3O3/c1-5-12-10(4)19-8-11(6-7-13(19)17-12)15(20)18-14(9(2)3)16(21)22/h6-9,14H,5H2,1-4H3,(H,18,20)(H,21,22). The fourth-order valence-corrected chi connectivity index (χ4v) is 2.42. The summed E-state index contributed by atoms with van der Waals surface area (Å²) in [5.41, 5.74) is 3.18. The summed E-state index contributed by atoms with van der Waals surface area (Å²) < 4.78 is 1.86. The normalized spacial score (nSPS) is 12.6. The van der Waals surface area contributed by atoms with Gasteiger partial charge in [-0.05, 0) is 31.4 Å². The zero-order valence-electron chi connectivity index (χ0n) is 13.3. The molecule has 1 unspecified atom stereocenters. The molecule has 2 aromatic heterocycles. The SMILES string of the molecule is CCc1nc2ccc(C(=O)NC(C(=O)O)C(C)C)cn2c1C. The van der Waals surface area contributed by atoms with Gasteiger partial charge in [-0.1, -0.05) is 20.8 Å². The number of pyridine rings is 1. The number of nitrogens with zero attached hydrogens (tertiary/aromatic N) is 2. The van der Waals surface area contributed by atoms with Crippen LogP contribution in [0.3, 0.4) is 0 Å². The molecule has 0 saturated carbocycles. The Morgan fingerprint density at radius 2 is 2.05 bits per heavy atom. The van der Waals surface area contributed by atoms with Gasteiger partial charge in [0.15, 0.2) is 0 Å². The van der Waals surface area contributed by atoms with Crippen LogP contribution in [0.1, 0.15) is 42.5 Å². The zero-order chi connectivity index (χ0) is 16.4. The predicted molar refractivity (Wildman–Crippen MR) is 83.0 cm³/mol. The summed E-state index contributed by atoms with van der Waals surface area (Å²) in [6.07, 6.45) is 2.52. The minimum Gasteiger partial charge on any atom is -0.480 e. The number of hydrogen-bond donors (Lipinski definition) is 2. The molecule has 2 aromatic rings. The van der Waals surface area contributed by atoms with Crippen LogP contribution in [0, 0.1) is 12.8 Å². The molecule has 0 bridgehead atoms. The molecule has 118 valence electrons. The number of fused-ring (bicyclic) bond motifs is 1. The van der Waals surface area contributed by atoms with E-state index in [4.69, 9.17) is 5.11 Å². The van der Waals surface area contributed by atoms with Crippen molar-refractivity contribution in [3.8, 4) is 0 Å². The van der Waals surface area contributed by atoms with Crippen LogP contribution in [-0.4, -0.2) is 32.4 Å². The minimum atomic E-state index is -1.03. The molecule has 2 heterocycles. The number of rotatable bonds is 5. The molecular weight excluding hydrogens is 282 g/mol. The Bertz CT molecular complexity index is 719. The van der Waals surface area contributed by atoms with Gasteiger partial charge < -0.3 is 14.8 Å². The number of aliphatic carboxylic acids is 1. The second-order valence-corrected chi connectivity index (χ2v) is 5.68.